The second kappa shape index (κ2) is 36.0. The fourth-order valence-electron chi connectivity index (χ4n) is 9.20. The number of halogens is 9. The zero-order chi connectivity index (χ0) is 73.4. The lowest BCUT2D eigenvalue weighted by Crippen LogP contribution is -2.51. The number of ether oxygens (including phenoxy) is 3. The van der Waals surface area contributed by atoms with Crippen LogP contribution in [0.2, 0.25) is 0 Å². The van der Waals surface area contributed by atoms with Crippen molar-refractivity contribution in [3.8, 4) is 22.8 Å². The molecule has 100 heavy (non-hydrogen) atoms. The number of carbonyl (C=O) groups excluding carboxylic acids is 7. The van der Waals surface area contributed by atoms with Crippen molar-refractivity contribution >= 4 is 41.8 Å². The monoisotopic (exact) mass is 1410 g/mol. The Balaban J connectivity index is 0.000000222. The molecule has 6 amide bonds. The summed E-state index contributed by atoms with van der Waals surface area (Å²) in [7, 11) is 0. The maximum absolute atomic E-state index is 13.5. The molecule has 5 heterocycles. The lowest BCUT2D eigenvalue weighted by atomic mass is 10.2. The molecule has 0 aliphatic carbocycles. The molecule has 0 saturated carbocycles. The molecular weight excluding hydrogens is 1330 g/mol. The van der Waals surface area contributed by atoms with Crippen LogP contribution in [0.5, 0.6) is 5.75 Å². The van der Waals surface area contributed by atoms with Crippen LogP contribution < -0.4 is 31.7 Å². The van der Waals surface area contributed by atoms with Crippen LogP contribution in [0.4, 0.5) is 49.1 Å². The Kier molecular flexibility index (Phi) is 28.3. The second-order valence-corrected chi connectivity index (χ2v) is 24.1. The molecule has 24 nitrogen and oxygen atoms in total. The molecule has 2 saturated heterocycles. The Morgan fingerprint density at radius 2 is 0.770 bits per heavy atom. The molecule has 33 heteroatoms. The minimum atomic E-state index is -4.80. The summed E-state index contributed by atoms with van der Waals surface area (Å²) >= 11 is 0. The first-order chi connectivity index (χ1) is 47.1. The van der Waals surface area contributed by atoms with Gasteiger partial charge < -0.3 is 55.9 Å². The van der Waals surface area contributed by atoms with Crippen LogP contribution in [-0.4, -0.2) is 176 Å². The number of benzene rings is 4. The van der Waals surface area contributed by atoms with Gasteiger partial charge >= 0.3 is 36.7 Å². The van der Waals surface area contributed by atoms with Crippen molar-refractivity contribution in [1.29, 1.82) is 0 Å². The van der Waals surface area contributed by atoms with Crippen molar-refractivity contribution in [3.63, 3.8) is 0 Å². The maximum atomic E-state index is 13.5. The highest BCUT2D eigenvalue weighted by Gasteiger charge is 2.42. The Morgan fingerprint density at radius 1 is 0.450 bits per heavy atom. The number of piperazine rings is 2. The average molecular weight is 1410 g/mol. The number of para-hydroxylation sites is 4. The quantitative estimate of drug-likeness (QED) is 0.0245. The third-order valence-electron chi connectivity index (χ3n) is 13.9. The molecule has 2 aliphatic rings. The summed E-state index contributed by atoms with van der Waals surface area (Å²) in [4.78, 5) is 89.4. The summed E-state index contributed by atoms with van der Waals surface area (Å²) < 4.78 is 138. The molecule has 0 atom stereocenters. The van der Waals surface area contributed by atoms with Gasteiger partial charge in [-0.25, -0.2) is 23.6 Å². The van der Waals surface area contributed by atoms with Gasteiger partial charge in [-0.2, -0.15) is 54.8 Å². The van der Waals surface area contributed by atoms with Gasteiger partial charge in [0, 0.05) is 110 Å². The molecule has 7 aromatic rings. The second-order valence-electron chi connectivity index (χ2n) is 24.1. The summed E-state index contributed by atoms with van der Waals surface area (Å²) in [5, 5.41) is 20.9. The molecule has 0 radical (unpaired) electrons. The largest absolute Gasteiger partial charge is 0.444 e. The number of nitrogens with two attached hydrogens (primary N) is 1. The lowest BCUT2D eigenvalue weighted by molar-refractivity contribution is -0.142. The van der Waals surface area contributed by atoms with Crippen molar-refractivity contribution in [1.82, 2.24) is 65.3 Å². The van der Waals surface area contributed by atoms with E-state index in [-0.39, 0.29) is 69.5 Å². The van der Waals surface area contributed by atoms with Gasteiger partial charge in [0.25, 0.3) is 17.7 Å². The number of rotatable bonds is 17. The minimum absolute atomic E-state index is 0.00454. The fourth-order valence-corrected chi connectivity index (χ4v) is 9.20. The number of aromatic nitrogens is 6. The van der Waals surface area contributed by atoms with Crippen LogP contribution in [0.15, 0.2) is 140 Å². The first kappa shape index (κ1) is 78.7. The summed E-state index contributed by atoms with van der Waals surface area (Å²) in [6.45, 7) is 15.9. The van der Waals surface area contributed by atoms with Crippen LogP contribution in [0.3, 0.4) is 0 Å². The average Bonchev–Trinajstić information content (AvgIpc) is 1.66. The number of alkyl halides is 9. The number of hydrogen-bond acceptors (Lipinski definition) is 15. The van der Waals surface area contributed by atoms with Gasteiger partial charge in [-0.1, -0.05) is 72.8 Å². The molecule has 9 rings (SSSR count). The topological polar surface area (TPSA) is 284 Å². The van der Waals surface area contributed by atoms with E-state index in [1.807, 2.05) is 20.8 Å². The number of hydrogen-bond donors (Lipinski definition) is 5. The van der Waals surface area contributed by atoms with Crippen LogP contribution in [0.25, 0.3) is 17.1 Å². The molecule has 2 fully saturated rings. The molecule has 4 aromatic carbocycles. The lowest BCUT2D eigenvalue weighted by Gasteiger charge is -2.35. The predicted molar refractivity (Wildman–Crippen MR) is 347 cm³/mol. The number of carbonyl (C=O) groups is 7. The molecule has 3 aromatic heterocycles. The standard InChI is InChI=1S/C24H30F3N5O4.C21H18F3N3O3.C13H13F3N4O.C9H18N2O2/c1-23(2,3)36-22(35)31-14-12-30(13-15-31)19(33)10-7-11-28-21(34)18-16-32(17-8-5-4-6-9-17)29-20(18)24(25,26)27;22-21(23,24)19-17(14-27(26-19)15-8-3-1-4-9-15)20(29)25-13-7-12-18(28)30-16-10-5-2-6-11-16;14-13(15,16)11-10(12(21)18-7-6-17)8-20(19-11)9-4-2-1-3-5-9;1-9(2,3)13-8(12)11-6-4-10-5-7-11/h4-6,8-9,16H,7,10-15H2,1-3H3,(H,28,34);1-6,8-11,14H,7,12-13H2,(H,25,29);1-5,8H,6-7,17H2,(H,18,21);10H,4-7H2,1-3H3. The summed E-state index contributed by atoms with van der Waals surface area (Å²) in [6, 6.07) is 33.1. The normalized spacial score (nSPS) is 13.4. The van der Waals surface area contributed by atoms with Gasteiger partial charge in [-0.3, -0.25) is 24.0 Å². The number of amides is 6. The van der Waals surface area contributed by atoms with Gasteiger partial charge in [-0.15, -0.1) is 0 Å². The van der Waals surface area contributed by atoms with Crippen molar-refractivity contribution < 1.29 is 87.3 Å². The number of nitrogens with one attached hydrogen (secondary N) is 4. The first-order valence-corrected chi connectivity index (χ1v) is 31.5. The van der Waals surface area contributed by atoms with Crippen molar-refractivity contribution in [2.45, 2.75) is 97.0 Å². The van der Waals surface area contributed by atoms with Crippen molar-refractivity contribution in [2.75, 3.05) is 78.5 Å². The van der Waals surface area contributed by atoms with Crippen LogP contribution >= 0.6 is 0 Å². The van der Waals surface area contributed by atoms with E-state index >= 15 is 0 Å². The Labute approximate surface area is 570 Å². The Bertz CT molecular complexity index is 3790. The first-order valence-electron chi connectivity index (χ1n) is 31.5. The van der Waals surface area contributed by atoms with E-state index in [1.165, 1.54) is 0 Å². The zero-order valence-corrected chi connectivity index (χ0v) is 55.7. The number of nitrogens with zero attached hydrogens (tertiary/aromatic N) is 9. The maximum Gasteiger partial charge on any atom is 0.435 e. The SMILES string of the molecule is CC(C)(C)OC(=O)N1CCN(C(=O)CCCNC(=O)c2cn(-c3ccccc3)nc2C(F)(F)F)CC1.CC(C)(C)OC(=O)N1CCNCC1.NCCNC(=O)c1cn(-c2ccccc2)nc1C(F)(F)F.O=C(CCCNC(=O)c1cn(-c2ccccc2)nc1C(F)(F)F)Oc1ccccc1. The molecule has 6 N–H and O–H groups in total. The smallest absolute Gasteiger partial charge is 0.435 e. The van der Waals surface area contributed by atoms with Gasteiger partial charge in [-0.05, 0) is 103 Å². The molecule has 0 bridgehead atoms. The van der Waals surface area contributed by atoms with Crippen LogP contribution in [0, 0.1) is 0 Å². The molecular formula is C67H79F9N14O10. The fraction of sp³-hybridized carbons (Fsp3) is 0.403. The van der Waals surface area contributed by atoms with E-state index in [9.17, 15) is 73.1 Å². The third kappa shape index (κ3) is 25.2. The molecule has 0 unspecified atom stereocenters. The molecule has 0 spiro atoms. The van der Waals surface area contributed by atoms with E-state index in [4.69, 9.17) is 19.9 Å². The summed E-state index contributed by atoms with van der Waals surface area (Å²) in [5.74, 6) is -2.93. The zero-order valence-electron chi connectivity index (χ0n) is 55.7. The van der Waals surface area contributed by atoms with Gasteiger partial charge in [0.15, 0.2) is 17.1 Å². The highest BCUT2D eigenvalue weighted by Crippen LogP contribution is 2.34. The van der Waals surface area contributed by atoms with E-state index in [2.05, 4.69) is 36.6 Å². The van der Waals surface area contributed by atoms with Crippen LogP contribution in [-0.2, 0) is 37.6 Å². The van der Waals surface area contributed by atoms with E-state index in [0.717, 1.165) is 58.8 Å². The van der Waals surface area contributed by atoms with Gasteiger partial charge in [0.1, 0.15) is 17.0 Å². The van der Waals surface area contributed by atoms with Gasteiger partial charge in [0.05, 0.1) is 33.8 Å². The minimum Gasteiger partial charge on any atom is -0.444 e. The molecule has 2 aliphatic heterocycles. The Morgan fingerprint density at radius 3 is 1.11 bits per heavy atom. The van der Waals surface area contributed by atoms with Crippen LogP contribution in [0.1, 0.15) is 115 Å². The third-order valence-corrected chi connectivity index (χ3v) is 13.9. The number of esters is 1. The van der Waals surface area contributed by atoms with Gasteiger partial charge in [0.2, 0.25) is 5.91 Å². The van der Waals surface area contributed by atoms with E-state index in [1.54, 1.807) is 157 Å². The van der Waals surface area contributed by atoms with Crippen molar-refractivity contribution in [2.24, 2.45) is 5.73 Å². The summed E-state index contributed by atoms with van der Waals surface area (Å²) in [6.07, 6.45) is -11.2. The van der Waals surface area contributed by atoms with Crippen molar-refractivity contribution in [3.05, 3.63) is 174 Å². The summed E-state index contributed by atoms with van der Waals surface area (Å²) in [5.41, 5.74) is -0.0251. The van der Waals surface area contributed by atoms with E-state index in [0.29, 0.717) is 49.0 Å². The highest BCUT2D eigenvalue weighted by molar-refractivity contribution is 5.96. The molecule has 540 valence electrons. The Hall–Kier alpha value is -10.3. The van der Waals surface area contributed by atoms with E-state index < -0.39 is 87.7 Å². The highest BCUT2D eigenvalue weighted by atomic mass is 19.4. The predicted octanol–water partition coefficient (Wildman–Crippen LogP) is 9.89.